The first-order valence-corrected chi connectivity index (χ1v) is 11.3. The van der Waals surface area contributed by atoms with E-state index in [1.807, 2.05) is 29.3 Å². The lowest BCUT2D eigenvalue weighted by Crippen LogP contribution is -2.57. The lowest BCUT2D eigenvalue weighted by Gasteiger charge is -2.42. The molecule has 7 heteroatoms. The number of amides is 2. The number of aromatic nitrogens is 1. The number of carbonyl (C=O) groups is 2. The average molecular weight is 424 g/mol. The van der Waals surface area contributed by atoms with Crippen LogP contribution in [0.2, 0.25) is 0 Å². The van der Waals surface area contributed by atoms with Gasteiger partial charge in [0.05, 0.1) is 0 Å². The highest BCUT2D eigenvalue weighted by atomic mass is 16.2. The fourth-order valence-electron chi connectivity index (χ4n) is 4.71. The molecule has 2 amide bonds. The van der Waals surface area contributed by atoms with Crippen LogP contribution >= 0.6 is 0 Å². The minimum Gasteiger partial charge on any atom is -0.361 e. The number of piperazine rings is 1. The van der Waals surface area contributed by atoms with Crippen molar-refractivity contribution in [3.8, 4) is 0 Å². The molecule has 2 aliphatic rings. The maximum Gasteiger partial charge on any atom is 0.252 e. The lowest BCUT2D eigenvalue weighted by atomic mass is 10.0. The van der Waals surface area contributed by atoms with Crippen molar-refractivity contribution in [2.75, 3.05) is 46.3 Å². The second kappa shape index (κ2) is 9.66. The molecule has 3 heterocycles. The van der Waals surface area contributed by atoms with Gasteiger partial charge in [-0.25, -0.2) is 0 Å². The average Bonchev–Trinajstić information content (AvgIpc) is 3.27. The van der Waals surface area contributed by atoms with Crippen molar-refractivity contribution in [1.82, 2.24) is 25.0 Å². The molecule has 1 atom stereocenters. The third kappa shape index (κ3) is 4.99. The van der Waals surface area contributed by atoms with Gasteiger partial charge in [-0.3, -0.25) is 14.5 Å². The molecule has 0 spiro atoms. The molecule has 31 heavy (non-hydrogen) atoms. The van der Waals surface area contributed by atoms with E-state index in [1.165, 1.54) is 12.8 Å². The Morgan fingerprint density at radius 2 is 1.90 bits per heavy atom. The molecular formula is C24H33N5O2. The third-order valence-corrected chi connectivity index (χ3v) is 6.65. The molecule has 0 radical (unpaired) electrons. The molecule has 0 aliphatic carbocycles. The molecule has 1 aromatic heterocycles. The number of carbonyl (C=O) groups excluding carboxylic acids is 2. The van der Waals surface area contributed by atoms with Crippen LogP contribution in [0.25, 0.3) is 10.9 Å². The monoisotopic (exact) mass is 423 g/mol. The van der Waals surface area contributed by atoms with Gasteiger partial charge in [-0.2, -0.15) is 0 Å². The van der Waals surface area contributed by atoms with E-state index in [4.69, 9.17) is 0 Å². The molecule has 2 aliphatic heterocycles. The van der Waals surface area contributed by atoms with Crippen LogP contribution in [-0.4, -0.2) is 89.9 Å². The van der Waals surface area contributed by atoms with Crippen LogP contribution in [0.1, 0.15) is 29.6 Å². The Bertz CT molecular complexity index is 923. The van der Waals surface area contributed by atoms with Crippen molar-refractivity contribution < 1.29 is 9.59 Å². The van der Waals surface area contributed by atoms with Crippen molar-refractivity contribution in [1.29, 1.82) is 0 Å². The van der Waals surface area contributed by atoms with Crippen LogP contribution < -0.4 is 5.32 Å². The minimum absolute atomic E-state index is 0.0165. The standard InChI is InChI=1S/C24H33N5O2/c1-3-4-21(26-23(30)19-6-5-18-7-10-25-22(18)17-19)24(31)29-15-13-28(14-16-29)20-8-11-27(2)12-9-20/h3,5-7,10,17,20-21,25H,1,4,8-9,11-16H2,2H3,(H,26,30)/t21-/m1/s1. The molecule has 166 valence electrons. The molecule has 0 bridgehead atoms. The molecule has 0 saturated carbocycles. The van der Waals surface area contributed by atoms with Gasteiger partial charge in [-0.1, -0.05) is 12.1 Å². The Morgan fingerprint density at radius 3 is 2.61 bits per heavy atom. The summed E-state index contributed by atoms with van der Waals surface area (Å²) in [6.07, 6.45) is 6.37. The Labute approximate surface area is 184 Å². The van der Waals surface area contributed by atoms with Gasteiger partial charge in [0.25, 0.3) is 5.91 Å². The number of aromatic amines is 1. The van der Waals surface area contributed by atoms with Gasteiger partial charge in [-0.15, -0.1) is 6.58 Å². The number of nitrogens with zero attached hydrogens (tertiary/aromatic N) is 3. The predicted molar refractivity (Wildman–Crippen MR) is 123 cm³/mol. The fraction of sp³-hybridized carbons (Fsp3) is 0.500. The normalized spacial score (nSPS) is 20.0. The third-order valence-electron chi connectivity index (χ3n) is 6.65. The van der Waals surface area contributed by atoms with Crippen LogP contribution in [0, 0.1) is 0 Å². The molecule has 2 saturated heterocycles. The van der Waals surface area contributed by atoms with E-state index < -0.39 is 6.04 Å². The number of fused-ring (bicyclic) bond motifs is 1. The molecule has 0 unspecified atom stereocenters. The maximum absolute atomic E-state index is 13.2. The molecule has 2 aromatic rings. The summed E-state index contributed by atoms with van der Waals surface area (Å²) in [5, 5.41) is 3.99. The van der Waals surface area contributed by atoms with Gasteiger partial charge >= 0.3 is 0 Å². The number of hydrogen-bond acceptors (Lipinski definition) is 4. The van der Waals surface area contributed by atoms with Crippen LogP contribution in [0.4, 0.5) is 0 Å². The Morgan fingerprint density at radius 1 is 1.16 bits per heavy atom. The number of benzene rings is 1. The van der Waals surface area contributed by atoms with E-state index in [0.717, 1.165) is 37.1 Å². The second-order valence-electron chi connectivity index (χ2n) is 8.73. The number of H-pyrrole nitrogens is 1. The van der Waals surface area contributed by atoms with E-state index >= 15 is 0 Å². The zero-order valence-corrected chi connectivity index (χ0v) is 18.3. The summed E-state index contributed by atoms with van der Waals surface area (Å²) in [7, 11) is 2.18. The Kier molecular flexibility index (Phi) is 6.73. The minimum atomic E-state index is -0.584. The lowest BCUT2D eigenvalue weighted by molar-refractivity contribution is -0.135. The number of nitrogens with one attached hydrogen (secondary N) is 2. The molecule has 4 rings (SSSR count). The number of piperidine rings is 1. The zero-order valence-electron chi connectivity index (χ0n) is 18.3. The summed E-state index contributed by atoms with van der Waals surface area (Å²) in [5.74, 6) is -0.251. The number of hydrogen-bond donors (Lipinski definition) is 2. The van der Waals surface area contributed by atoms with E-state index in [9.17, 15) is 9.59 Å². The molecular weight excluding hydrogens is 390 g/mol. The van der Waals surface area contributed by atoms with Gasteiger partial charge in [-0.05, 0) is 63.0 Å². The van der Waals surface area contributed by atoms with E-state index in [0.29, 0.717) is 31.1 Å². The van der Waals surface area contributed by atoms with Crippen LogP contribution in [0.5, 0.6) is 0 Å². The van der Waals surface area contributed by atoms with Crippen LogP contribution in [-0.2, 0) is 4.79 Å². The van der Waals surface area contributed by atoms with E-state index in [1.54, 1.807) is 12.1 Å². The van der Waals surface area contributed by atoms with Gasteiger partial charge < -0.3 is 20.1 Å². The largest absolute Gasteiger partial charge is 0.361 e. The highest BCUT2D eigenvalue weighted by Crippen LogP contribution is 2.18. The van der Waals surface area contributed by atoms with E-state index in [2.05, 4.69) is 33.7 Å². The van der Waals surface area contributed by atoms with Gasteiger partial charge in [0, 0.05) is 49.5 Å². The summed E-state index contributed by atoms with van der Waals surface area (Å²) in [5.41, 5.74) is 1.45. The highest BCUT2D eigenvalue weighted by Gasteiger charge is 2.31. The van der Waals surface area contributed by atoms with Crippen molar-refractivity contribution in [2.24, 2.45) is 0 Å². The summed E-state index contributed by atoms with van der Waals surface area (Å²) in [6.45, 7) is 9.30. The molecule has 2 fully saturated rings. The van der Waals surface area contributed by atoms with Gasteiger partial charge in [0.2, 0.25) is 5.91 Å². The molecule has 2 N–H and O–H groups in total. The summed E-state index contributed by atoms with van der Waals surface area (Å²) >= 11 is 0. The van der Waals surface area contributed by atoms with Gasteiger partial charge in [0.15, 0.2) is 0 Å². The first kappa shape index (κ1) is 21.6. The molecule has 7 nitrogen and oxygen atoms in total. The zero-order chi connectivity index (χ0) is 21.8. The van der Waals surface area contributed by atoms with Crippen LogP contribution in [0.3, 0.4) is 0 Å². The fourth-order valence-corrected chi connectivity index (χ4v) is 4.71. The van der Waals surface area contributed by atoms with E-state index in [-0.39, 0.29) is 11.8 Å². The highest BCUT2D eigenvalue weighted by molar-refractivity contribution is 6.00. The number of likely N-dealkylation sites (tertiary alicyclic amines) is 1. The Hall–Kier alpha value is -2.64. The quantitative estimate of drug-likeness (QED) is 0.698. The predicted octanol–water partition coefficient (Wildman–Crippen LogP) is 2.08. The first-order valence-electron chi connectivity index (χ1n) is 11.3. The smallest absolute Gasteiger partial charge is 0.252 e. The second-order valence-corrected chi connectivity index (χ2v) is 8.73. The SMILES string of the molecule is C=CC[C@@H](NC(=O)c1ccc2cc[nH]c2c1)C(=O)N1CCN(C2CCN(C)CC2)CC1. The first-order chi connectivity index (χ1) is 15.0. The van der Waals surface area contributed by atoms with Crippen molar-refractivity contribution >= 4 is 22.7 Å². The maximum atomic E-state index is 13.2. The van der Waals surface area contributed by atoms with Crippen molar-refractivity contribution in [2.45, 2.75) is 31.3 Å². The summed E-state index contributed by atoms with van der Waals surface area (Å²) in [4.78, 5) is 35.9. The van der Waals surface area contributed by atoms with Crippen molar-refractivity contribution in [3.05, 3.63) is 48.7 Å². The van der Waals surface area contributed by atoms with Gasteiger partial charge in [0.1, 0.15) is 6.04 Å². The Balaban J connectivity index is 1.35. The van der Waals surface area contributed by atoms with Crippen molar-refractivity contribution in [3.63, 3.8) is 0 Å². The summed E-state index contributed by atoms with van der Waals surface area (Å²) < 4.78 is 0. The topological polar surface area (TPSA) is 71.7 Å². The molecule has 1 aromatic carbocycles. The summed E-state index contributed by atoms with van der Waals surface area (Å²) in [6, 6.07) is 7.53. The van der Waals surface area contributed by atoms with Crippen LogP contribution in [0.15, 0.2) is 43.1 Å². The number of rotatable bonds is 6.